The number of aryl methyl sites for hydroxylation is 2. The molecule has 3 nitrogen and oxygen atoms in total. The Labute approximate surface area is 113 Å². The molecule has 0 radical (unpaired) electrons. The zero-order valence-corrected chi connectivity index (χ0v) is 11.9. The molecular formula is C14H18O3S. The fourth-order valence-electron chi connectivity index (χ4n) is 1.66. The van der Waals surface area contributed by atoms with Crippen LogP contribution in [0.4, 0.5) is 0 Å². The predicted molar refractivity (Wildman–Crippen MR) is 75.1 cm³/mol. The molecule has 0 saturated heterocycles. The van der Waals surface area contributed by atoms with Crippen molar-refractivity contribution in [3.8, 4) is 0 Å². The minimum atomic E-state index is -1.29. The number of benzene rings is 1. The summed E-state index contributed by atoms with van der Waals surface area (Å²) in [5, 5.41) is 9.34. The van der Waals surface area contributed by atoms with E-state index in [2.05, 4.69) is 0 Å². The van der Waals surface area contributed by atoms with Crippen molar-refractivity contribution in [3.63, 3.8) is 0 Å². The second-order valence-electron chi connectivity index (χ2n) is 4.45. The highest BCUT2D eigenvalue weighted by molar-refractivity contribution is 7.80. The smallest absolute Gasteiger partial charge is 0.324 e. The summed E-state index contributed by atoms with van der Waals surface area (Å²) in [7, 11) is 0. The number of esters is 1. The molecule has 1 aromatic rings. The highest BCUT2D eigenvalue weighted by Crippen LogP contribution is 2.28. The number of ether oxygens (including phenoxy) is 1. The lowest BCUT2D eigenvalue weighted by atomic mass is 9.82. The van der Waals surface area contributed by atoms with Gasteiger partial charge in [0.15, 0.2) is 10.5 Å². The van der Waals surface area contributed by atoms with E-state index >= 15 is 0 Å². The number of hydrogen-bond acceptors (Lipinski definition) is 3. The van der Waals surface area contributed by atoms with Gasteiger partial charge in [0.05, 0.1) is 6.61 Å². The predicted octanol–water partition coefficient (Wildman–Crippen LogP) is 3.01. The molecule has 0 aliphatic heterocycles. The van der Waals surface area contributed by atoms with Crippen molar-refractivity contribution in [2.45, 2.75) is 33.1 Å². The SMILES string of the molecule is CCOC(=O)C(C)(C(O)=S)c1ccc(C)c(C)c1. The molecule has 0 aromatic heterocycles. The first-order valence-electron chi connectivity index (χ1n) is 5.82. The molecule has 1 unspecified atom stereocenters. The van der Waals surface area contributed by atoms with Crippen molar-refractivity contribution >= 4 is 23.2 Å². The standard InChI is InChI=1S/C14H18O3S/c1-5-17-12(15)14(4,13(16)18)11-7-6-9(2)10(3)8-11/h6-8H,5H2,1-4H3,(H,16,18). The third-order valence-electron chi connectivity index (χ3n) is 3.20. The lowest BCUT2D eigenvalue weighted by Gasteiger charge is -2.25. The van der Waals surface area contributed by atoms with Crippen molar-refractivity contribution in [2.24, 2.45) is 0 Å². The fraction of sp³-hybridized carbons (Fsp3) is 0.429. The number of carbonyl (C=O) groups is 1. The molecule has 0 spiro atoms. The molecule has 0 saturated carbocycles. The van der Waals surface area contributed by atoms with Gasteiger partial charge in [-0.3, -0.25) is 4.79 Å². The number of thiocarbonyl (C=S) groups is 1. The van der Waals surface area contributed by atoms with Crippen LogP contribution in [0.2, 0.25) is 0 Å². The van der Waals surface area contributed by atoms with E-state index < -0.39 is 11.4 Å². The highest BCUT2D eigenvalue weighted by atomic mass is 32.1. The minimum absolute atomic E-state index is 0.252. The van der Waals surface area contributed by atoms with Gasteiger partial charge in [-0.2, -0.15) is 0 Å². The van der Waals surface area contributed by atoms with Gasteiger partial charge in [-0.15, -0.1) is 0 Å². The van der Waals surface area contributed by atoms with E-state index in [0.29, 0.717) is 5.56 Å². The van der Waals surface area contributed by atoms with E-state index in [-0.39, 0.29) is 11.7 Å². The summed E-state index contributed by atoms with van der Waals surface area (Å²) in [6.45, 7) is 7.49. The molecule has 0 heterocycles. The van der Waals surface area contributed by atoms with Crippen LogP contribution >= 0.6 is 12.2 Å². The first-order valence-corrected chi connectivity index (χ1v) is 6.23. The second kappa shape index (κ2) is 5.48. The number of carbonyl (C=O) groups excluding carboxylic acids is 1. The van der Waals surface area contributed by atoms with Gasteiger partial charge in [-0.05, 0) is 56.6 Å². The number of rotatable bonds is 4. The zero-order chi connectivity index (χ0) is 13.9. The molecule has 98 valence electrons. The largest absolute Gasteiger partial charge is 0.501 e. The molecule has 0 aliphatic rings. The van der Waals surface area contributed by atoms with E-state index in [9.17, 15) is 9.90 Å². The van der Waals surface area contributed by atoms with Crippen LogP contribution in [-0.4, -0.2) is 22.7 Å². The fourth-order valence-corrected chi connectivity index (χ4v) is 1.86. The monoisotopic (exact) mass is 266 g/mol. The molecule has 0 bridgehead atoms. The summed E-state index contributed by atoms with van der Waals surface area (Å²) >= 11 is 4.83. The highest BCUT2D eigenvalue weighted by Gasteiger charge is 2.41. The van der Waals surface area contributed by atoms with Crippen LogP contribution in [0.5, 0.6) is 0 Å². The maximum atomic E-state index is 12.0. The summed E-state index contributed by atoms with van der Waals surface area (Å²) in [4.78, 5) is 12.0. The molecule has 0 aliphatic carbocycles. The molecule has 0 fully saturated rings. The van der Waals surface area contributed by atoms with Crippen molar-refractivity contribution in [1.29, 1.82) is 0 Å². The van der Waals surface area contributed by atoms with Crippen LogP contribution in [0.15, 0.2) is 18.2 Å². The Bertz CT molecular complexity index is 482. The molecule has 0 amide bonds. The third kappa shape index (κ3) is 2.53. The quantitative estimate of drug-likeness (QED) is 0.672. The normalized spacial score (nSPS) is 13.8. The van der Waals surface area contributed by atoms with E-state index in [0.717, 1.165) is 11.1 Å². The van der Waals surface area contributed by atoms with Crippen LogP contribution in [0.3, 0.4) is 0 Å². The van der Waals surface area contributed by atoms with E-state index in [1.54, 1.807) is 19.9 Å². The van der Waals surface area contributed by atoms with Crippen molar-refractivity contribution in [3.05, 3.63) is 34.9 Å². The maximum Gasteiger partial charge on any atom is 0.324 e. The maximum absolute atomic E-state index is 12.0. The van der Waals surface area contributed by atoms with Crippen LogP contribution in [0, 0.1) is 13.8 Å². The van der Waals surface area contributed by atoms with E-state index in [1.165, 1.54) is 0 Å². The Morgan fingerprint density at radius 3 is 2.44 bits per heavy atom. The van der Waals surface area contributed by atoms with Crippen molar-refractivity contribution < 1.29 is 14.6 Å². The van der Waals surface area contributed by atoms with Gasteiger partial charge >= 0.3 is 5.97 Å². The lowest BCUT2D eigenvalue weighted by Crippen LogP contribution is -2.41. The first kappa shape index (κ1) is 14.6. The van der Waals surface area contributed by atoms with Crippen LogP contribution in [0.1, 0.15) is 30.5 Å². The molecule has 18 heavy (non-hydrogen) atoms. The zero-order valence-electron chi connectivity index (χ0n) is 11.1. The van der Waals surface area contributed by atoms with Gasteiger partial charge < -0.3 is 9.84 Å². The van der Waals surface area contributed by atoms with Gasteiger partial charge in [0.2, 0.25) is 0 Å². The molecule has 1 aromatic carbocycles. The van der Waals surface area contributed by atoms with Crippen LogP contribution < -0.4 is 0 Å². The first-order chi connectivity index (χ1) is 8.33. The molecule has 4 heteroatoms. The lowest BCUT2D eigenvalue weighted by molar-refractivity contribution is -0.147. The molecule has 1 N–H and O–H groups in total. The second-order valence-corrected chi connectivity index (χ2v) is 4.84. The molecule has 1 rings (SSSR count). The van der Waals surface area contributed by atoms with Gasteiger partial charge in [0.25, 0.3) is 0 Å². The number of aliphatic hydroxyl groups is 1. The van der Waals surface area contributed by atoms with Gasteiger partial charge in [-0.1, -0.05) is 18.2 Å². The Balaban J connectivity index is 3.31. The average Bonchev–Trinajstić information content (AvgIpc) is 2.31. The summed E-state index contributed by atoms with van der Waals surface area (Å²) in [5.74, 6) is -0.527. The summed E-state index contributed by atoms with van der Waals surface area (Å²) in [6.07, 6.45) is 0. The minimum Gasteiger partial charge on any atom is -0.501 e. The van der Waals surface area contributed by atoms with Crippen LogP contribution in [0.25, 0.3) is 0 Å². The topological polar surface area (TPSA) is 46.5 Å². The third-order valence-corrected chi connectivity index (χ3v) is 3.60. The summed E-state index contributed by atoms with van der Waals surface area (Å²) in [6, 6.07) is 5.55. The molecule has 1 atom stereocenters. The van der Waals surface area contributed by atoms with E-state index in [4.69, 9.17) is 17.0 Å². The van der Waals surface area contributed by atoms with E-state index in [1.807, 2.05) is 26.0 Å². The Morgan fingerprint density at radius 1 is 1.39 bits per heavy atom. The number of aliphatic hydroxyl groups excluding tert-OH is 1. The van der Waals surface area contributed by atoms with Crippen molar-refractivity contribution in [2.75, 3.05) is 6.61 Å². The van der Waals surface area contributed by atoms with Crippen molar-refractivity contribution in [1.82, 2.24) is 0 Å². The van der Waals surface area contributed by atoms with Crippen LogP contribution in [-0.2, 0) is 14.9 Å². The Kier molecular flexibility index (Phi) is 4.46. The summed E-state index contributed by atoms with van der Waals surface area (Å²) in [5.41, 5.74) is 1.52. The molecular weight excluding hydrogens is 248 g/mol. The van der Waals surface area contributed by atoms with Gasteiger partial charge in [0.1, 0.15) is 0 Å². The number of hydrogen-bond donors (Lipinski definition) is 1. The summed E-state index contributed by atoms with van der Waals surface area (Å²) < 4.78 is 5.01. The Hall–Kier alpha value is -1.42. The van der Waals surface area contributed by atoms with Gasteiger partial charge in [0, 0.05) is 0 Å². The van der Waals surface area contributed by atoms with Gasteiger partial charge in [-0.25, -0.2) is 0 Å². The Morgan fingerprint density at radius 2 is 2.00 bits per heavy atom. The average molecular weight is 266 g/mol.